The molecule has 0 amide bonds. The summed E-state index contributed by atoms with van der Waals surface area (Å²) in [5.41, 5.74) is 4.73. The first-order chi connectivity index (χ1) is 13.4. The standard InChI is InChI=1S/C24H28O4/c1-15(2)12-17(23(25)26)13-16(3)24(27)28-14-22-20-10-6-4-8-18(20)19-9-5-7-11-21(19)22/h4-11,15-17,22H,12-14H2,1-3H3,(H,25,26)/t16?,17-/m0/s1. The Morgan fingerprint density at radius 1 is 0.929 bits per heavy atom. The summed E-state index contributed by atoms with van der Waals surface area (Å²) in [4.78, 5) is 24.0. The molecule has 148 valence electrons. The Labute approximate surface area is 166 Å². The molecule has 3 rings (SSSR count). The molecular formula is C24H28O4. The van der Waals surface area contributed by atoms with E-state index >= 15 is 0 Å². The monoisotopic (exact) mass is 380 g/mol. The van der Waals surface area contributed by atoms with E-state index in [4.69, 9.17) is 4.74 Å². The van der Waals surface area contributed by atoms with Gasteiger partial charge < -0.3 is 9.84 Å². The van der Waals surface area contributed by atoms with E-state index in [0.29, 0.717) is 12.8 Å². The van der Waals surface area contributed by atoms with Gasteiger partial charge in [-0.15, -0.1) is 0 Å². The van der Waals surface area contributed by atoms with Crippen molar-refractivity contribution in [2.75, 3.05) is 6.61 Å². The van der Waals surface area contributed by atoms with E-state index in [2.05, 4.69) is 24.3 Å². The molecule has 0 saturated heterocycles. The Morgan fingerprint density at radius 3 is 1.96 bits per heavy atom. The van der Waals surface area contributed by atoms with Crippen LogP contribution in [0.1, 0.15) is 50.7 Å². The number of carbonyl (C=O) groups is 2. The van der Waals surface area contributed by atoms with Crippen LogP contribution >= 0.6 is 0 Å². The van der Waals surface area contributed by atoms with Crippen LogP contribution in [0, 0.1) is 17.8 Å². The van der Waals surface area contributed by atoms with E-state index in [1.54, 1.807) is 6.92 Å². The number of carboxylic acid groups (broad SMARTS) is 1. The predicted octanol–water partition coefficient (Wildman–Crippen LogP) is 5.12. The number of hydrogen-bond acceptors (Lipinski definition) is 3. The summed E-state index contributed by atoms with van der Waals surface area (Å²) in [5.74, 6) is -1.82. The molecule has 1 aliphatic rings. The Hall–Kier alpha value is -2.62. The molecule has 1 unspecified atom stereocenters. The second-order valence-corrected chi connectivity index (χ2v) is 8.16. The summed E-state index contributed by atoms with van der Waals surface area (Å²) >= 11 is 0. The van der Waals surface area contributed by atoms with Gasteiger partial charge in [0.15, 0.2) is 0 Å². The minimum Gasteiger partial charge on any atom is -0.481 e. The van der Waals surface area contributed by atoms with Crippen LogP contribution < -0.4 is 0 Å². The van der Waals surface area contributed by atoms with Gasteiger partial charge in [0.25, 0.3) is 0 Å². The number of carboxylic acids is 1. The molecule has 0 radical (unpaired) electrons. The molecule has 0 spiro atoms. The fourth-order valence-corrected chi connectivity index (χ4v) is 4.14. The fourth-order valence-electron chi connectivity index (χ4n) is 4.14. The lowest BCUT2D eigenvalue weighted by Crippen LogP contribution is -2.25. The minimum absolute atomic E-state index is 0.0227. The molecule has 0 aromatic heterocycles. The van der Waals surface area contributed by atoms with Gasteiger partial charge in [-0.2, -0.15) is 0 Å². The third-order valence-electron chi connectivity index (χ3n) is 5.50. The molecule has 0 saturated carbocycles. The minimum atomic E-state index is -0.841. The first kappa shape index (κ1) is 20.1. The lowest BCUT2D eigenvalue weighted by Gasteiger charge is -2.20. The molecule has 0 heterocycles. The van der Waals surface area contributed by atoms with E-state index in [-0.39, 0.29) is 24.4 Å². The zero-order valence-electron chi connectivity index (χ0n) is 16.7. The predicted molar refractivity (Wildman–Crippen MR) is 109 cm³/mol. The zero-order valence-corrected chi connectivity index (χ0v) is 16.7. The van der Waals surface area contributed by atoms with Crippen molar-refractivity contribution in [3.8, 4) is 11.1 Å². The summed E-state index contributed by atoms with van der Waals surface area (Å²) in [5, 5.41) is 9.42. The van der Waals surface area contributed by atoms with Gasteiger partial charge >= 0.3 is 11.9 Å². The van der Waals surface area contributed by atoms with E-state index in [0.717, 1.165) is 0 Å². The maximum absolute atomic E-state index is 12.6. The van der Waals surface area contributed by atoms with Crippen LogP contribution in [0.15, 0.2) is 48.5 Å². The average molecular weight is 380 g/mol. The Balaban J connectivity index is 1.67. The zero-order chi connectivity index (χ0) is 20.3. The second-order valence-electron chi connectivity index (χ2n) is 8.16. The van der Waals surface area contributed by atoms with Gasteiger partial charge in [-0.25, -0.2) is 0 Å². The summed E-state index contributed by atoms with van der Waals surface area (Å²) in [6, 6.07) is 16.4. The van der Waals surface area contributed by atoms with Crippen molar-refractivity contribution in [3.05, 3.63) is 59.7 Å². The molecular weight excluding hydrogens is 352 g/mol. The average Bonchev–Trinajstić information content (AvgIpc) is 2.99. The molecule has 2 aromatic carbocycles. The highest BCUT2D eigenvalue weighted by Gasteiger charge is 2.30. The highest BCUT2D eigenvalue weighted by molar-refractivity contribution is 5.79. The van der Waals surface area contributed by atoms with Gasteiger partial charge in [-0.3, -0.25) is 9.59 Å². The molecule has 1 N–H and O–H groups in total. The van der Waals surface area contributed by atoms with Crippen LogP contribution in [0.25, 0.3) is 11.1 Å². The topological polar surface area (TPSA) is 63.6 Å². The van der Waals surface area contributed by atoms with Crippen molar-refractivity contribution in [3.63, 3.8) is 0 Å². The van der Waals surface area contributed by atoms with Crippen molar-refractivity contribution >= 4 is 11.9 Å². The Kier molecular flexibility index (Phi) is 6.18. The number of fused-ring (bicyclic) bond motifs is 3. The molecule has 4 nitrogen and oxygen atoms in total. The van der Waals surface area contributed by atoms with Gasteiger partial charge in [-0.05, 0) is 41.0 Å². The summed E-state index contributed by atoms with van der Waals surface area (Å²) < 4.78 is 5.66. The largest absolute Gasteiger partial charge is 0.481 e. The van der Waals surface area contributed by atoms with Crippen LogP contribution in [0.4, 0.5) is 0 Å². The SMILES string of the molecule is CC(C)C[C@@H](CC(C)C(=O)OCC1c2ccccc2-c2ccccc21)C(=O)O. The molecule has 1 aliphatic carbocycles. The lowest BCUT2D eigenvalue weighted by molar-refractivity contribution is -0.150. The van der Waals surface area contributed by atoms with Crippen LogP contribution in [0.5, 0.6) is 0 Å². The number of ether oxygens (including phenoxy) is 1. The number of hydrogen-bond donors (Lipinski definition) is 1. The molecule has 28 heavy (non-hydrogen) atoms. The Bertz CT molecular complexity index is 810. The maximum Gasteiger partial charge on any atom is 0.308 e. The van der Waals surface area contributed by atoms with Crippen molar-refractivity contribution in [1.82, 2.24) is 0 Å². The normalized spacial score (nSPS) is 15.0. The molecule has 0 bridgehead atoms. The number of rotatable bonds is 8. The van der Waals surface area contributed by atoms with E-state index in [1.165, 1.54) is 22.3 Å². The van der Waals surface area contributed by atoms with Crippen molar-refractivity contribution in [2.45, 2.75) is 39.5 Å². The van der Waals surface area contributed by atoms with Gasteiger partial charge in [0, 0.05) is 5.92 Å². The maximum atomic E-state index is 12.6. The van der Waals surface area contributed by atoms with Gasteiger partial charge in [0.1, 0.15) is 6.61 Å². The molecule has 2 aromatic rings. The highest BCUT2D eigenvalue weighted by atomic mass is 16.5. The van der Waals surface area contributed by atoms with Gasteiger partial charge in [0.05, 0.1) is 11.8 Å². The second kappa shape index (κ2) is 8.59. The lowest BCUT2D eigenvalue weighted by atomic mass is 9.89. The Morgan fingerprint density at radius 2 is 1.46 bits per heavy atom. The van der Waals surface area contributed by atoms with Crippen molar-refractivity contribution in [2.24, 2.45) is 17.8 Å². The van der Waals surface area contributed by atoms with Crippen molar-refractivity contribution in [1.29, 1.82) is 0 Å². The van der Waals surface area contributed by atoms with E-state index in [9.17, 15) is 14.7 Å². The summed E-state index contributed by atoms with van der Waals surface area (Å²) in [6.07, 6.45) is 0.876. The first-order valence-corrected chi connectivity index (χ1v) is 9.96. The van der Waals surface area contributed by atoms with Gasteiger partial charge in [0.2, 0.25) is 0 Å². The number of aliphatic carboxylic acids is 1. The van der Waals surface area contributed by atoms with Crippen LogP contribution in [-0.4, -0.2) is 23.7 Å². The molecule has 0 fully saturated rings. The summed E-state index contributed by atoms with van der Waals surface area (Å²) in [7, 11) is 0. The number of esters is 1. The third kappa shape index (κ3) is 4.27. The van der Waals surface area contributed by atoms with Crippen LogP contribution in [0.3, 0.4) is 0 Å². The van der Waals surface area contributed by atoms with E-state index in [1.807, 2.05) is 38.1 Å². The number of carbonyl (C=O) groups excluding carboxylic acids is 1. The van der Waals surface area contributed by atoms with Crippen LogP contribution in [-0.2, 0) is 14.3 Å². The molecule has 2 atom stereocenters. The first-order valence-electron chi connectivity index (χ1n) is 9.96. The van der Waals surface area contributed by atoms with Crippen molar-refractivity contribution < 1.29 is 19.4 Å². The molecule has 4 heteroatoms. The fraction of sp³-hybridized carbons (Fsp3) is 0.417. The van der Waals surface area contributed by atoms with E-state index < -0.39 is 17.8 Å². The highest BCUT2D eigenvalue weighted by Crippen LogP contribution is 2.44. The third-order valence-corrected chi connectivity index (χ3v) is 5.50. The number of benzene rings is 2. The summed E-state index contributed by atoms with van der Waals surface area (Å²) in [6.45, 7) is 6.02. The molecule has 0 aliphatic heterocycles. The smallest absolute Gasteiger partial charge is 0.308 e. The van der Waals surface area contributed by atoms with Gasteiger partial charge in [-0.1, -0.05) is 69.3 Å². The quantitative estimate of drug-likeness (QED) is 0.646. The van der Waals surface area contributed by atoms with Crippen LogP contribution in [0.2, 0.25) is 0 Å².